The first-order valence-electron chi connectivity index (χ1n) is 7.25. The fourth-order valence-corrected chi connectivity index (χ4v) is 2.82. The van der Waals surface area contributed by atoms with Crippen molar-refractivity contribution in [3.63, 3.8) is 0 Å². The molecule has 2 aromatic heterocycles. The first kappa shape index (κ1) is 17.6. The number of hydrogen-bond acceptors (Lipinski definition) is 7. The number of carbonyl (C=O) groups excluding carboxylic acids is 1. The van der Waals surface area contributed by atoms with Gasteiger partial charge in [0.25, 0.3) is 0 Å². The van der Waals surface area contributed by atoms with Crippen molar-refractivity contribution in [2.75, 3.05) is 18.8 Å². The number of hydrogen-bond donors (Lipinski definition) is 0. The largest absolute Gasteiger partial charge is 0.461 e. The second-order valence-corrected chi connectivity index (χ2v) is 5.77. The first-order valence-corrected chi connectivity index (χ1v) is 8.23. The van der Waals surface area contributed by atoms with E-state index in [0.717, 1.165) is 0 Å². The Hall–Kier alpha value is -2.78. The van der Waals surface area contributed by atoms with Crippen LogP contribution in [0.15, 0.2) is 28.0 Å². The van der Waals surface area contributed by atoms with Gasteiger partial charge in [-0.1, -0.05) is 11.8 Å². The zero-order chi connectivity index (χ0) is 17.4. The Morgan fingerprint density at radius 3 is 2.62 bits per heavy atom. The fraction of sp³-hybridized carbons (Fsp3) is 0.400. The lowest BCUT2D eigenvalue weighted by Gasteiger charge is -2.19. The molecule has 0 saturated heterocycles. The molecule has 0 radical (unpaired) electrons. The molecule has 124 valence electrons. The highest BCUT2D eigenvalue weighted by molar-refractivity contribution is 7.99. The summed E-state index contributed by atoms with van der Waals surface area (Å²) >= 11 is 1.26. The summed E-state index contributed by atoms with van der Waals surface area (Å²) in [6, 6.07) is 7.58. The van der Waals surface area contributed by atoms with Crippen molar-refractivity contribution in [1.29, 1.82) is 10.5 Å². The van der Waals surface area contributed by atoms with Gasteiger partial charge in [-0.3, -0.25) is 4.79 Å². The smallest absolute Gasteiger partial charge is 0.233 e. The SMILES string of the molecule is Cn1c(SCC(=O)N(CCC#N)CCC#N)nnc1-c1ccco1. The summed E-state index contributed by atoms with van der Waals surface area (Å²) < 4.78 is 7.05. The van der Waals surface area contributed by atoms with Crippen LogP contribution in [-0.2, 0) is 11.8 Å². The molecule has 0 bridgehead atoms. The summed E-state index contributed by atoms with van der Waals surface area (Å²) in [5, 5.41) is 26.1. The molecule has 0 spiro atoms. The van der Waals surface area contributed by atoms with Crippen molar-refractivity contribution in [3.8, 4) is 23.7 Å². The molecule has 2 heterocycles. The van der Waals surface area contributed by atoms with Gasteiger partial charge in [0.2, 0.25) is 5.91 Å². The maximum Gasteiger partial charge on any atom is 0.233 e. The van der Waals surface area contributed by atoms with Gasteiger partial charge in [-0.25, -0.2) is 0 Å². The minimum Gasteiger partial charge on any atom is -0.461 e. The molecule has 24 heavy (non-hydrogen) atoms. The molecule has 0 N–H and O–H groups in total. The normalized spacial score (nSPS) is 10.1. The molecular weight excluding hydrogens is 328 g/mol. The lowest BCUT2D eigenvalue weighted by molar-refractivity contribution is -0.128. The molecular formula is C15H16N6O2S. The highest BCUT2D eigenvalue weighted by atomic mass is 32.2. The molecule has 8 nitrogen and oxygen atoms in total. The van der Waals surface area contributed by atoms with Crippen molar-refractivity contribution >= 4 is 17.7 Å². The van der Waals surface area contributed by atoms with E-state index in [2.05, 4.69) is 10.2 Å². The van der Waals surface area contributed by atoms with E-state index in [1.165, 1.54) is 16.7 Å². The minimum absolute atomic E-state index is 0.131. The zero-order valence-electron chi connectivity index (χ0n) is 13.2. The van der Waals surface area contributed by atoms with Gasteiger partial charge in [0, 0.05) is 20.1 Å². The highest BCUT2D eigenvalue weighted by Gasteiger charge is 2.17. The molecule has 0 aliphatic carbocycles. The predicted molar refractivity (Wildman–Crippen MR) is 86.5 cm³/mol. The van der Waals surface area contributed by atoms with E-state index in [9.17, 15) is 4.79 Å². The summed E-state index contributed by atoms with van der Waals surface area (Å²) in [7, 11) is 1.80. The van der Waals surface area contributed by atoms with Crippen molar-refractivity contribution in [3.05, 3.63) is 18.4 Å². The van der Waals surface area contributed by atoms with E-state index < -0.39 is 0 Å². The van der Waals surface area contributed by atoms with Crippen LogP contribution in [0.2, 0.25) is 0 Å². The van der Waals surface area contributed by atoms with Crippen LogP contribution >= 0.6 is 11.8 Å². The highest BCUT2D eigenvalue weighted by Crippen LogP contribution is 2.23. The maximum atomic E-state index is 12.3. The predicted octanol–water partition coefficient (Wildman–Crippen LogP) is 1.82. The second kappa shape index (κ2) is 8.75. The van der Waals surface area contributed by atoms with Gasteiger partial charge in [-0.15, -0.1) is 10.2 Å². The Bertz CT molecular complexity index is 738. The third-order valence-corrected chi connectivity index (χ3v) is 4.25. The van der Waals surface area contributed by atoms with Crippen molar-refractivity contribution in [1.82, 2.24) is 19.7 Å². The Morgan fingerprint density at radius 2 is 2.04 bits per heavy atom. The third-order valence-electron chi connectivity index (χ3n) is 3.24. The topological polar surface area (TPSA) is 112 Å². The molecule has 9 heteroatoms. The number of amides is 1. The summed E-state index contributed by atoms with van der Waals surface area (Å²) in [6.45, 7) is 0.655. The first-order chi connectivity index (χ1) is 11.7. The van der Waals surface area contributed by atoms with Crippen LogP contribution < -0.4 is 0 Å². The van der Waals surface area contributed by atoms with Crippen LogP contribution in [0.5, 0.6) is 0 Å². The van der Waals surface area contributed by atoms with Crippen LogP contribution in [0.4, 0.5) is 0 Å². The van der Waals surface area contributed by atoms with Gasteiger partial charge < -0.3 is 13.9 Å². The number of nitriles is 2. The van der Waals surface area contributed by atoms with Crippen molar-refractivity contribution in [2.24, 2.45) is 7.05 Å². The molecule has 0 atom stereocenters. The van der Waals surface area contributed by atoms with Crippen LogP contribution in [0.25, 0.3) is 11.6 Å². The number of rotatable bonds is 8. The molecule has 0 aliphatic heterocycles. The van der Waals surface area contributed by atoms with E-state index >= 15 is 0 Å². The Morgan fingerprint density at radius 1 is 1.33 bits per heavy atom. The number of carbonyl (C=O) groups is 1. The molecule has 0 unspecified atom stereocenters. The lowest BCUT2D eigenvalue weighted by atomic mass is 10.3. The summed E-state index contributed by atoms with van der Waals surface area (Å²) in [4.78, 5) is 13.8. The fourth-order valence-electron chi connectivity index (χ4n) is 2.01. The van der Waals surface area contributed by atoms with Gasteiger partial charge in [-0.2, -0.15) is 10.5 Å². The van der Waals surface area contributed by atoms with Gasteiger partial charge in [-0.05, 0) is 12.1 Å². The van der Waals surface area contributed by atoms with Gasteiger partial charge in [0.15, 0.2) is 16.7 Å². The van der Waals surface area contributed by atoms with Crippen LogP contribution in [0, 0.1) is 22.7 Å². The standard InChI is InChI=1S/C15H16N6O2S/c1-20-14(12-5-2-10-23-12)18-19-15(20)24-11-13(22)21(8-3-6-16)9-4-7-17/h2,5,10H,3-4,8-9,11H2,1H3. The molecule has 0 saturated carbocycles. The monoisotopic (exact) mass is 344 g/mol. The Labute approximate surface area is 143 Å². The van der Waals surface area contributed by atoms with E-state index in [0.29, 0.717) is 29.8 Å². The minimum atomic E-state index is -0.131. The van der Waals surface area contributed by atoms with Crippen LogP contribution in [0.3, 0.4) is 0 Å². The van der Waals surface area contributed by atoms with Crippen LogP contribution in [0.1, 0.15) is 12.8 Å². The van der Waals surface area contributed by atoms with E-state index in [1.54, 1.807) is 30.0 Å². The Kier molecular flexibility index (Phi) is 6.41. The second-order valence-electron chi connectivity index (χ2n) is 4.83. The van der Waals surface area contributed by atoms with E-state index in [1.807, 2.05) is 12.1 Å². The quantitative estimate of drug-likeness (QED) is 0.671. The Balaban J connectivity index is 1.97. The number of thioether (sulfide) groups is 1. The summed E-state index contributed by atoms with van der Waals surface area (Å²) in [5.74, 6) is 1.22. The number of nitrogens with zero attached hydrogens (tertiary/aromatic N) is 6. The van der Waals surface area contributed by atoms with Gasteiger partial charge >= 0.3 is 0 Å². The number of furan rings is 1. The molecule has 0 fully saturated rings. The van der Waals surface area contributed by atoms with Crippen molar-refractivity contribution in [2.45, 2.75) is 18.0 Å². The lowest BCUT2D eigenvalue weighted by Crippen LogP contribution is -2.34. The average molecular weight is 344 g/mol. The van der Waals surface area contributed by atoms with Crippen LogP contribution in [-0.4, -0.2) is 44.4 Å². The molecule has 0 aromatic carbocycles. The van der Waals surface area contributed by atoms with Crippen molar-refractivity contribution < 1.29 is 9.21 Å². The summed E-state index contributed by atoms with van der Waals surface area (Å²) in [5.41, 5.74) is 0. The maximum absolute atomic E-state index is 12.3. The molecule has 0 aliphatic rings. The molecule has 1 amide bonds. The molecule has 2 aromatic rings. The van der Waals surface area contributed by atoms with E-state index in [4.69, 9.17) is 14.9 Å². The van der Waals surface area contributed by atoms with Gasteiger partial charge in [0.1, 0.15) is 0 Å². The van der Waals surface area contributed by atoms with Gasteiger partial charge in [0.05, 0.1) is 37.0 Å². The zero-order valence-corrected chi connectivity index (χ0v) is 14.0. The average Bonchev–Trinajstić information content (AvgIpc) is 3.22. The van der Waals surface area contributed by atoms with E-state index in [-0.39, 0.29) is 24.5 Å². The number of aromatic nitrogens is 3. The summed E-state index contributed by atoms with van der Waals surface area (Å²) in [6.07, 6.45) is 2.05. The molecule has 2 rings (SSSR count). The third kappa shape index (κ3) is 4.37.